The van der Waals surface area contributed by atoms with Crippen molar-refractivity contribution in [3.05, 3.63) is 59.2 Å². The molecule has 0 aromatic heterocycles. The van der Waals surface area contributed by atoms with Gasteiger partial charge in [-0.2, -0.15) is 0 Å². The maximum Gasteiger partial charge on any atom is 0.338 e. The Morgan fingerprint density at radius 3 is 2.64 bits per heavy atom. The van der Waals surface area contributed by atoms with Crippen LogP contribution < -0.4 is 10.2 Å². The van der Waals surface area contributed by atoms with Crippen molar-refractivity contribution in [3.8, 4) is 0 Å². The van der Waals surface area contributed by atoms with Crippen LogP contribution in [-0.2, 0) is 27.2 Å². The average molecular weight is 378 g/mol. The van der Waals surface area contributed by atoms with Gasteiger partial charge in [-0.15, -0.1) is 0 Å². The number of rotatable bonds is 3. The van der Waals surface area contributed by atoms with E-state index in [1.54, 1.807) is 30.3 Å². The molecular formula is C22H22N2O4. The summed E-state index contributed by atoms with van der Waals surface area (Å²) < 4.78 is 5.43. The summed E-state index contributed by atoms with van der Waals surface area (Å²) in [4.78, 5) is 38.7. The zero-order chi connectivity index (χ0) is 19.7. The van der Waals surface area contributed by atoms with E-state index >= 15 is 0 Å². The van der Waals surface area contributed by atoms with Crippen molar-refractivity contribution in [2.45, 2.75) is 38.7 Å². The maximum atomic E-state index is 12.9. The molecule has 1 heterocycles. The highest BCUT2D eigenvalue weighted by atomic mass is 16.5. The molecule has 6 nitrogen and oxygen atoms in total. The zero-order valence-corrected chi connectivity index (χ0v) is 15.7. The number of hydrogen-bond acceptors (Lipinski definition) is 4. The fourth-order valence-corrected chi connectivity index (χ4v) is 3.79. The van der Waals surface area contributed by atoms with Crippen LogP contribution >= 0.6 is 0 Å². The van der Waals surface area contributed by atoms with Crippen LogP contribution in [0.4, 0.5) is 11.4 Å². The van der Waals surface area contributed by atoms with Gasteiger partial charge in [-0.05, 0) is 68.0 Å². The first-order valence-electron chi connectivity index (χ1n) is 9.56. The summed E-state index contributed by atoms with van der Waals surface area (Å²) in [6, 6.07) is 12.7. The Hall–Kier alpha value is -3.15. The first-order valence-corrected chi connectivity index (χ1v) is 9.56. The van der Waals surface area contributed by atoms with Crippen molar-refractivity contribution in [1.29, 1.82) is 0 Å². The van der Waals surface area contributed by atoms with Crippen molar-refractivity contribution in [1.82, 2.24) is 0 Å². The molecule has 1 aliphatic carbocycles. The monoisotopic (exact) mass is 378 g/mol. The van der Waals surface area contributed by atoms with Crippen LogP contribution in [0.15, 0.2) is 42.5 Å². The first-order chi connectivity index (χ1) is 13.5. The standard InChI is InChI=1S/C22H22N2O4/c1-14(21(26)24-13-20(25)23-18-8-4-5-9-19(18)24)28-22(27)17-11-10-15-6-2-3-7-16(15)12-17/h4-5,8-12,14H,2-3,6-7,13H2,1H3,(H,23,25)/t14-/m1/s1. The molecule has 0 bridgehead atoms. The Kier molecular flexibility index (Phi) is 4.86. The molecule has 4 rings (SSSR count). The summed E-state index contributed by atoms with van der Waals surface area (Å²) in [5, 5.41) is 2.74. The number of nitrogens with zero attached hydrogens (tertiary/aromatic N) is 1. The number of benzene rings is 2. The SMILES string of the molecule is C[C@@H](OC(=O)c1ccc2c(c1)CCCC2)C(=O)N1CC(=O)Nc2ccccc21. The highest BCUT2D eigenvalue weighted by Crippen LogP contribution is 2.29. The lowest BCUT2D eigenvalue weighted by molar-refractivity contribution is -0.128. The van der Waals surface area contributed by atoms with Crippen LogP contribution in [0.2, 0.25) is 0 Å². The van der Waals surface area contributed by atoms with E-state index in [1.165, 1.54) is 29.4 Å². The summed E-state index contributed by atoms with van der Waals surface area (Å²) in [6.07, 6.45) is 3.30. The Labute approximate surface area is 163 Å². The highest BCUT2D eigenvalue weighted by Gasteiger charge is 2.31. The third kappa shape index (κ3) is 3.50. The molecule has 0 fully saturated rings. The lowest BCUT2D eigenvalue weighted by atomic mass is 9.90. The lowest BCUT2D eigenvalue weighted by Gasteiger charge is -2.30. The van der Waals surface area contributed by atoms with Gasteiger partial charge in [0.2, 0.25) is 5.91 Å². The van der Waals surface area contributed by atoms with E-state index in [2.05, 4.69) is 5.32 Å². The molecule has 2 amide bonds. The number of fused-ring (bicyclic) bond motifs is 2. The number of carbonyl (C=O) groups is 3. The summed E-state index contributed by atoms with van der Waals surface area (Å²) in [6.45, 7) is 1.43. The van der Waals surface area contributed by atoms with Crippen molar-refractivity contribution in [2.24, 2.45) is 0 Å². The number of esters is 1. The summed E-state index contributed by atoms with van der Waals surface area (Å²) in [5.74, 6) is -1.22. The lowest BCUT2D eigenvalue weighted by Crippen LogP contribution is -2.47. The quantitative estimate of drug-likeness (QED) is 0.833. The predicted molar refractivity (Wildman–Crippen MR) is 105 cm³/mol. The van der Waals surface area contributed by atoms with Crippen molar-refractivity contribution < 1.29 is 19.1 Å². The van der Waals surface area contributed by atoms with Crippen LogP contribution in [0.1, 0.15) is 41.3 Å². The van der Waals surface area contributed by atoms with Gasteiger partial charge in [0, 0.05) is 0 Å². The minimum atomic E-state index is -0.998. The van der Waals surface area contributed by atoms with Gasteiger partial charge >= 0.3 is 5.97 Å². The van der Waals surface area contributed by atoms with Gasteiger partial charge in [0.1, 0.15) is 6.54 Å². The maximum absolute atomic E-state index is 12.9. The van der Waals surface area contributed by atoms with E-state index in [4.69, 9.17) is 4.74 Å². The van der Waals surface area contributed by atoms with Gasteiger partial charge in [0.05, 0.1) is 16.9 Å². The second-order valence-electron chi connectivity index (χ2n) is 7.23. The second kappa shape index (κ2) is 7.46. The fraction of sp³-hybridized carbons (Fsp3) is 0.318. The van der Waals surface area contributed by atoms with Crippen molar-refractivity contribution in [3.63, 3.8) is 0 Å². The van der Waals surface area contributed by atoms with Crippen LogP contribution in [0.25, 0.3) is 0 Å². The molecule has 6 heteroatoms. The Balaban J connectivity index is 1.49. The second-order valence-corrected chi connectivity index (χ2v) is 7.23. The minimum Gasteiger partial charge on any atom is -0.449 e. The van der Waals surface area contributed by atoms with Crippen LogP contribution in [0.3, 0.4) is 0 Å². The zero-order valence-electron chi connectivity index (χ0n) is 15.7. The average Bonchev–Trinajstić information content (AvgIpc) is 2.72. The van der Waals surface area contributed by atoms with Crippen molar-refractivity contribution >= 4 is 29.2 Å². The van der Waals surface area contributed by atoms with Gasteiger partial charge in [-0.1, -0.05) is 18.2 Å². The van der Waals surface area contributed by atoms with E-state index in [-0.39, 0.29) is 12.5 Å². The molecule has 0 saturated carbocycles. The molecule has 2 aliphatic rings. The molecule has 0 radical (unpaired) electrons. The molecule has 2 aromatic carbocycles. The Morgan fingerprint density at radius 1 is 1.07 bits per heavy atom. The Morgan fingerprint density at radius 2 is 1.82 bits per heavy atom. The molecule has 0 saturated heterocycles. The van der Waals surface area contributed by atoms with E-state index in [0.29, 0.717) is 16.9 Å². The molecule has 144 valence electrons. The Bertz CT molecular complexity index is 953. The molecule has 2 aromatic rings. The molecular weight excluding hydrogens is 356 g/mol. The van der Waals surface area contributed by atoms with Crippen LogP contribution in [-0.4, -0.2) is 30.4 Å². The molecule has 0 spiro atoms. The summed E-state index contributed by atoms with van der Waals surface area (Å²) in [7, 11) is 0. The largest absolute Gasteiger partial charge is 0.449 e. The number of aryl methyl sites for hydroxylation is 2. The molecule has 0 unspecified atom stereocenters. The number of hydrogen-bond donors (Lipinski definition) is 1. The first kappa shape index (κ1) is 18.2. The van der Waals surface area contributed by atoms with E-state index in [0.717, 1.165) is 19.3 Å². The minimum absolute atomic E-state index is 0.101. The molecule has 1 atom stereocenters. The van der Waals surface area contributed by atoms with Gasteiger partial charge in [-0.25, -0.2) is 4.79 Å². The van der Waals surface area contributed by atoms with E-state index in [9.17, 15) is 14.4 Å². The molecule has 28 heavy (non-hydrogen) atoms. The topological polar surface area (TPSA) is 75.7 Å². The van der Waals surface area contributed by atoms with Crippen molar-refractivity contribution in [2.75, 3.05) is 16.8 Å². The number of anilines is 2. The smallest absolute Gasteiger partial charge is 0.338 e. The van der Waals surface area contributed by atoms with Gasteiger partial charge in [0.25, 0.3) is 5.91 Å². The normalized spacial score (nSPS) is 16.5. The number of carbonyl (C=O) groups excluding carboxylic acids is 3. The number of amides is 2. The summed E-state index contributed by atoms with van der Waals surface area (Å²) in [5.41, 5.74) is 4.09. The van der Waals surface area contributed by atoms with Gasteiger partial charge < -0.3 is 10.1 Å². The van der Waals surface area contributed by atoms with E-state index in [1.807, 2.05) is 12.1 Å². The highest BCUT2D eigenvalue weighted by molar-refractivity contribution is 6.11. The number of para-hydroxylation sites is 2. The summed E-state index contributed by atoms with van der Waals surface area (Å²) >= 11 is 0. The van der Waals surface area contributed by atoms with Crippen LogP contribution in [0, 0.1) is 0 Å². The van der Waals surface area contributed by atoms with Gasteiger partial charge in [0.15, 0.2) is 6.10 Å². The third-order valence-electron chi connectivity index (χ3n) is 5.25. The van der Waals surface area contributed by atoms with Crippen LogP contribution in [0.5, 0.6) is 0 Å². The molecule has 1 N–H and O–H groups in total. The number of ether oxygens (including phenoxy) is 1. The number of nitrogens with one attached hydrogen (secondary N) is 1. The third-order valence-corrected chi connectivity index (χ3v) is 5.25. The predicted octanol–water partition coefficient (Wildman–Crippen LogP) is 3.10. The van der Waals surface area contributed by atoms with E-state index < -0.39 is 18.0 Å². The fourth-order valence-electron chi connectivity index (χ4n) is 3.79. The molecule has 1 aliphatic heterocycles. The van der Waals surface area contributed by atoms with Gasteiger partial charge in [-0.3, -0.25) is 14.5 Å².